The number of nitrogens with zero attached hydrogens (tertiary/aromatic N) is 1. The summed E-state index contributed by atoms with van der Waals surface area (Å²) < 4.78 is 21.1. The van der Waals surface area contributed by atoms with Crippen molar-refractivity contribution >= 4 is 29.5 Å². The number of imide groups is 1. The van der Waals surface area contributed by atoms with Crippen LogP contribution in [0.1, 0.15) is 36.9 Å². The number of carbonyl (C=O) groups is 5. The zero-order valence-electron chi connectivity index (χ0n) is 24.1. The standard InChI is InChI=1S/C32H37NO10/c1-23(35)43-30(29(37)15-14-26(36)13-8-17-40-19-20-41-18-16-34)27(21-24-9-4-2-5-10-24)31(38)33-28(22-42-32(33)39)25-11-6-3-7-12-25/h2-7,9-12,14-15,27-28,30,34H,8,13,16-22H2,1H3. The number of aliphatic hydroxyl groups is 1. The molecule has 3 atom stereocenters. The molecule has 1 heterocycles. The second-order valence-electron chi connectivity index (χ2n) is 9.79. The fourth-order valence-electron chi connectivity index (χ4n) is 4.56. The number of hydrogen-bond acceptors (Lipinski definition) is 10. The maximum Gasteiger partial charge on any atom is 0.417 e. The minimum atomic E-state index is -1.60. The second kappa shape index (κ2) is 17.7. The molecule has 11 nitrogen and oxygen atoms in total. The van der Waals surface area contributed by atoms with Gasteiger partial charge in [-0.25, -0.2) is 9.69 Å². The molecule has 0 bridgehead atoms. The first-order chi connectivity index (χ1) is 20.8. The molecule has 0 aliphatic carbocycles. The lowest BCUT2D eigenvalue weighted by Gasteiger charge is -2.29. The van der Waals surface area contributed by atoms with Crippen molar-refractivity contribution in [3.8, 4) is 0 Å². The predicted octanol–water partition coefficient (Wildman–Crippen LogP) is 3.00. The molecular weight excluding hydrogens is 558 g/mol. The van der Waals surface area contributed by atoms with E-state index in [1.54, 1.807) is 60.7 Å². The molecule has 1 saturated heterocycles. The zero-order valence-corrected chi connectivity index (χ0v) is 24.1. The summed E-state index contributed by atoms with van der Waals surface area (Å²) >= 11 is 0. The van der Waals surface area contributed by atoms with E-state index in [2.05, 4.69) is 0 Å². The molecule has 1 fully saturated rings. The van der Waals surface area contributed by atoms with E-state index in [-0.39, 0.29) is 38.4 Å². The van der Waals surface area contributed by atoms with Crippen molar-refractivity contribution in [1.29, 1.82) is 0 Å². The molecule has 2 amide bonds. The van der Waals surface area contributed by atoms with Gasteiger partial charge in [-0.2, -0.15) is 0 Å². The van der Waals surface area contributed by atoms with Gasteiger partial charge in [0.25, 0.3) is 0 Å². The van der Waals surface area contributed by atoms with Gasteiger partial charge in [0.1, 0.15) is 12.6 Å². The van der Waals surface area contributed by atoms with E-state index in [0.717, 1.165) is 24.0 Å². The van der Waals surface area contributed by atoms with Gasteiger partial charge >= 0.3 is 12.1 Å². The van der Waals surface area contributed by atoms with Gasteiger partial charge in [-0.1, -0.05) is 60.7 Å². The van der Waals surface area contributed by atoms with Crippen LogP contribution in [0.4, 0.5) is 4.79 Å². The van der Waals surface area contributed by atoms with Crippen molar-refractivity contribution < 1.29 is 48.0 Å². The van der Waals surface area contributed by atoms with Crippen LogP contribution >= 0.6 is 0 Å². The normalized spacial score (nSPS) is 16.1. The maximum atomic E-state index is 14.1. The van der Waals surface area contributed by atoms with Crippen LogP contribution in [-0.4, -0.2) is 85.3 Å². The van der Waals surface area contributed by atoms with Crippen LogP contribution in [0.15, 0.2) is 72.8 Å². The predicted molar refractivity (Wildman–Crippen MR) is 154 cm³/mol. The molecular formula is C32H37NO10. The number of cyclic esters (lactones) is 1. The molecule has 0 saturated carbocycles. The molecule has 11 heteroatoms. The quantitative estimate of drug-likeness (QED) is 0.155. The van der Waals surface area contributed by atoms with Crippen LogP contribution in [-0.2, 0) is 44.5 Å². The Kier molecular flexibility index (Phi) is 13.7. The molecule has 1 N–H and O–H groups in total. The van der Waals surface area contributed by atoms with Crippen molar-refractivity contribution in [2.75, 3.05) is 39.6 Å². The number of ketones is 2. The van der Waals surface area contributed by atoms with E-state index in [4.69, 9.17) is 24.1 Å². The average Bonchev–Trinajstić information content (AvgIpc) is 3.40. The lowest BCUT2D eigenvalue weighted by Crippen LogP contribution is -2.47. The minimum Gasteiger partial charge on any atom is -0.453 e. The third-order valence-electron chi connectivity index (χ3n) is 6.60. The van der Waals surface area contributed by atoms with Crippen LogP contribution in [0, 0.1) is 5.92 Å². The van der Waals surface area contributed by atoms with Crippen LogP contribution in [0.5, 0.6) is 0 Å². The van der Waals surface area contributed by atoms with Crippen molar-refractivity contribution in [2.24, 2.45) is 5.92 Å². The van der Waals surface area contributed by atoms with Crippen LogP contribution < -0.4 is 0 Å². The average molecular weight is 596 g/mol. The molecule has 0 aromatic heterocycles. The zero-order chi connectivity index (χ0) is 31.0. The van der Waals surface area contributed by atoms with Gasteiger partial charge < -0.3 is 24.1 Å². The highest BCUT2D eigenvalue weighted by atomic mass is 16.6. The number of hydrogen-bond donors (Lipinski definition) is 1. The molecule has 1 aliphatic heterocycles. The van der Waals surface area contributed by atoms with Gasteiger partial charge in [0.05, 0.1) is 32.3 Å². The highest BCUT2D eigenvalue weighted by Crippen LogP contribution is 2.31. The van der Waals surface area contributed by atoms with Gasteiger partial charge in [-0.3, -0.25) is 19.2 Å². The third-order valence-corrected chi connectivity index (χ3v) is 6.60. The monoisotopic (exact) mass is 595 g/mol. The SMILES string of the molecule is CC(=O)OC(C(=O)C=CC(=O)CCCOCCOCCO)C(Cc1ccccc1)C(=O)N1C(=O)OCC1c1ccccc1. The van der Waals surface area contributed by atoms with E-state index >= 15 is 0 Å². The number of amides is 2. The highest BCUT2D eigenvalue weighted by Gasteiger charge is 2.46. The van der Waals surface area contributed by atoms with Crippen molar-refractivity contribution in [3.05, 3.63) is 83.9 Å². The van der Waals surface area contributed by atoms with E-state index in [9.17, 15) is 24.0 Å². The van der Waals surface area contributed by atoms with Crippen LogP contribution in [0.25, 0.3) is 0 Å². The Morgan fingerprint density at radius 1 is 0.953 bits per heavy atom. The summed E-state index contributed by atoms with van der Waals surface area (Å²) in [6.45, 7) is 2.15. The molecule has 43 heavy (non-hydrogen) atoms. The Hall–Kier alpha value is -4.19. The Balaban J connectivity index is 1.77. The van der Waals surface area contributed by atoms with Gasteiger partial charge in [-0.05, 0) is 36.1 Å². The summed E-state index contributed by atoms with van der Waals surface area (Å²) in [4.78, 5) is 65.8. The number of aliphatic hydroxyl groups excluding tert-OH is 1. The van der Waals surface area contributed by atoms with E-state index in [1.807, 2.05) is 0 Å². The first-order valence-corrected chi connectivity index (χ1v) is 14.1. The Bertz CT molecular complexity index is 1250. The Labute approximate surface area is 250 Å². The molecule has 1 aliphatic rings. The largest absolute Gasteiger partial charge is 0.453 e. The fourth-order valence-corrected chi connectivity index (χ4v) is 4.56. The highest BCUT2D eigenvalue weighted by molar-refractivity contribution is 6.04. The van der Waals surface area contributed by atoms with Crippen molar-refractivity contribution in [3.63, 3.8) is 0 Å². The van der Waals surface area contributed by atoms with E-state index < -0.39 is 41.8 Å². The lowest BCUT2D eigenvalue weighted by molar-refractivity contribution is -0.158. The number of benzene rings is 2. The molecule has 2 aromatic rings. The topological polar surface area (TPSA) is 146 Å². The molecule has 2 aromatic carbocycles. The molecule has 0 spiro atoms. The number of carbonyl (C=O) groups excluding carboxylic acids is 5. The van der Waals surface area contributed by atoms with Gasteiger partial charge in [0.15, 0.2) is 17.7 Å². The number of allylic oxidation sites excluding steroid dienone is 1. The maximum absolute atomic E-state index is 14.1. The second-order valence-corrected chi connectivity index (χ2v) is 9.79. The molecule has 3 unspecified atom stereocenters. The Morgan fingerprint density at radius 2 is 1.60 bits per heavy atom. The minimum absolute atomic E-state index is 0.0181. The smallest absolute Gasteiger partial charge is 0.417 e. The Morgan fingerprint density at radius 3 is 2.26 bits per heavy atom. The van der Waals surface area contributed by atoms with Crippen LogP contribution in [0.2, 0.25) is 0 Å². The van der Waals surface area contributed by atoms with Gasteiger partial charge in [0.2, 0.25) is 5.91 Å². The van der Waals surface area contributed by atoms with Crippen molar-refractivity contribution in [1.82, 2.24) is 4.90 Å². The number of esters is 1. The van der Waals surface area contributed by atoms with Gasteiger partial charge in [0, 0.05) is 20.0 Å². The summed E-state index contributed by atoms with van der Waals surface area (Å²) in [5.74, 6) is -3.93. The summed E-state index contributed by atoms with van der Waals surface area (Å²) in [6, 6.07) is 17.0. The summed E-state index contributed by atoms with van der Waals surface area (Å²) in [6.07, 6.45) is 0.115. The lowest BCUT2D eigenvalue weighted by atomic mass is 9.89. The molecule has 230 valence electrons. The molecule has 0 radical (unpaired) electrons. The summed E-state index contributed by atoms with van der Waals surface area (Å²) in [7, 11) is 0. The third kappa shape index (κ3) is 10.5. The summed E-state index contributed by atoms with van der Waals surface area (Å²) in [5.41, 5.74) is 1.35. The van der Waals surface area contributed by atoms with Crippen molar-refractivity contribution in [2.45, 2.75) is 38.3 Å². The van der Waals surface area contributed by atoms with E-state index in [1.165, 1.54) is 0 Å². The first-order valence-electron chi connectivity index (χ1n) is 14.1. The first kappa shape index (κ1) is 33.3. The summed E-state index contributed by atoms with van der Waals surface area (Å²) in [5, 5.41) is 8.68. The van der Waals surface area contributed by atoms with E-state index in [0.29, 0.717) is 37.4 Å². The number of ether oxygens (including phenoxy) is 4. The van der Waals surface area contributed by atoms with Crippen LogP contribution in [0.3, 0.4) is 0 Å². The molecule has 3 rings (SSSR count). The van der Waals surface area contributed by atoms with Gasteiger partial charge in [-0.15, -0.1) is 0 Å². The fraction of sp³-hybridized carbons (Fsp3) is 0.406. The number of rotatable bonds is 18.